The molecule has 0 aliphatic rings. The van der Waals surface area contributed by atoms with Crippen molar-refractivity contribution in [3.05, 3.63) is 22.7 Å². The van der Waals surface area contributed by atoms with Crippen molar-refractivity contribution in [2.75, 3.05) is 26.9 Å². The molecule has 0 saturated carbocycles. The molecule has 0 spiro atoms. The van der Waals surface area contributed by atoms with Gasteiger partial charge in [-0.2, -0.15) is 0 Å². The van der Waals surface area contributed by atoms with Crippen LogP contribution in [0, 0.1) is 0 Å². The molecule has 0 heterocycles. The summed E-state index contributed by atoms with van der Waals surface area (Å²) in [5, 5.41) is 4.05. The molecule has 0 amide bonds. The Morgan fingerprint density at radius 3 is 2.64 bits per heavy atom. The zero-order chi connectivity index (χ0) is 16.4. The number of methoxy groups -OCH3 is 1. The lowest BCUT2D eigenvalue weighted by molar-refractivity contribution is 0.0770. The summed E-state index contributed by atoms with van der Waals surface area (Å²) in [7, 11) is 1.63. The Morgan fingerprint density at radius 1 is 1.23 bits per heavy atom. The molecular weight excluding hydrogens is 302 g/mol. The summed E-state index contributed by atoms with van der Waals surface area (Å²) in [6.07, 6.45) is 2.21. The third-order valence-corrected chi connectivity index (χ3v) is 3.25. The van der Waals surface area contributed by atoms with Crippen LogP contribution >= 0.6 is 11.6 Å². The van der Waals surface area contributed by atoms with E-state index in [1.807, 2.05) is 19.9 Å². The summed E-state index contributed by atoms with van der Waals surface area (Å²) >= 11 is 6.15. The van der Waals surface area contributed by atoms with Crippen LogP contribution in [0.25, 0.3) is 0 Å². The first-order chi connectivity index (χ1) is 10.6. The zero-order valence-corrected chi connectivity index (χ0v) is 14.8. The highest BCUT2D eigenvalue weighted by Gasteiger charge is 2.12. The van der Waals surface area contributed by atoms with Crippen molar-refractivity contribution >= 4 is 11.6 Å². The summed E-state index contributed by atoms with van der Waals surface area (Å²) < 4.78 is 16.7. The van der Waals surface area contributed by atoms with Crippen molar-refractivity contribution in [3.63, 3.8) is 0 Å². The van der Waals surface area contributed by atoms with E-state index in [0.29, 0.717) is 23.9 Å². The zero-order valence-electron chi connectivity index (χ0n) is 14.1. The number of rotatable bonds is 11. The maximum atomic E-state index is 6.15. The third kappa shape index (κ3) is 6.86. The van der Waals surface area contributed by atoms with Crippen LogP contribution < -0.4 is 14.8 Å². The molecule has 126 valence electrons. The van der Waals surface area contributed by atoms with Gasteiger partial charge in [-0.3, -0.25) is 0 Å². The Kier molecular flexibility index (Phi) is 9.28. The van der Waals surface area contributed by atoms with Crippen LogP contribution in [-0.2, 0) is 11.3 Å². The Hall–Kier alpha value is -0.970. The number of hydrogen-bond donors (Lipinski definition) is 1. The Bertz CT molecular complexity index is 438. The van der Waals surface area contributed by atoms with Crippen molar-refractivity contribution in [3.8, 4) is 11.5 Å². The quantitative estimate of drug-likeness (QED) is 0.622. The van der Waals surface area contributed by atoms with Gasteiger partial charge in [0.05, 0.1) is 19.8 Å². The van der Waals surface area contributed by atoms with E-state index in [-0.39, 0.29) is 6.10 Å². The third-order valence-electron chi connectivity index (χ3n) is 3.03. The fourth-order valence-electron chi connectivity index (χ4n) is 2.01. The molecule has 5 heteroatoms. The topological polar surface area (TPSA) is 39.7 Å². The van der Waals surface area contributed by atoms with E-state index in [9.17, 15) is 0 Å². The maximum absolute atomic E-state index is 6.15. The van der Waals surface area contributed by atoms with Gasteiger partial charge in [-0.05, 0) is 39.3 Å². The van der Waals surface area contributed by atoms with E-state index in [2.05, 4.69) is 12.2 Å². The summed E-state index contributed by atoms with van der Waals surface area (Å²) in [6.45, 7) is 9.17. The van der Waals surface area contributed by atoms with Crippen molar-refractivity contribution in [1.82, 2.24) is 5.32 Å². The lowest BCUT2D eigenvalue weighted by Crippen LogP contribution is -2.18. The predicted molar refractivity (Wildman–Crippen MR) is 91.2 cm³/mol. The molecule has 0 aromatic heterocycles. The highest BCUT2D eigenvalue weighted by atomic mass is 35.5. The molecule has 0 fully saturated rings. The van der Waals surface area contributed by atoms with Gasteiger partial charge in [-0.15, -0.1) is 0 Å². The summed E-state index contributed by atoms with van der Waals surface area (Å²) in [5.41, 5.74) is 1.02. The Balaban J connectivity index is 2.58. The smallest absolute Gasteiger partial charge is 0.165 e. The Labute approximate surface area is 139 Å². The minimum absolute atomic E-state index is 0.284. The minimum Gasteiger partial charge on any atom is -0.493 e. The van der Waals surface area contributed by atoms with Gasteiger partial charge in [0.15, 0.2) is 11.5 Å². The molecule has 1 N–H and O–H groups in total. The molecule has 0 saturated heterocycles. The molecule has 0 unspecified atom stereocenters. The fraction of sp³-hybridized carbons (Fsp3) is 0.647. The average Bonchev–Trinajstić information content (AvgIpc) is 2.48. The number of ether oxygens (including phenoxy) is 3. The van der Waals surface area contributed by atoms with E-state index in [1.54, 1.807) is 13.2 Å². The fourth-order valence-corrected chi connectivity index (χ4v) is 2.24. The molecule has 0 aliphatic heterocycles. The number of halogens is 1. The van der Waals surface area contributed by atoms with Crippen LogP contribution in [0.15, 0.2) is 12.1 Å². The van der Waals surface area contributed by atoms with Gasteiger partial charge in [0.2, 0.25) is 0 Å². The lowest BCUT2D eigenvalue weighted by atomic mass is 10.1. The second-order valence-electron chi connectivity index (χ2n) is 5.39. The van der Waals surface area contributed by atoms with Gasteiger partial charge in [-0.1, -0.05) is 18.5 Å². The molecule has 1 rings (SSSR count). The van der Waals surface area contributed by atoms with E-state index < -0.39 is 0 Å². The van der Waals surface area contributed by atoms with Crippen LogP contribution in [0.1, 0.15) is 39.2 Å². The van der Waals surface area contributed by atoms with Gasteiger partial charge in [0.25, 0.3) is 0 Å². The second kappa shape index (κ2) is 10.7. The van der Waals surface area contributed by atoms with Gasteiger partial charge in [0.1, 0.15) is 0 Å². The van der Waals surface area contributed by atoms with Crippen molar-refractivity contribution in [1.29, 1.82) is 0 Å². The number of benzene rings is 1. The molecule has 0 aliphatic carbocycles. The minimum atomic E-state index is 0.284. The van der Waals surface area contributed by atoms with Gasteiger partial charge < -0.3 is 19.5 Å². The number of hydrogen-bond acceptors (Lipinski definition) is 4. The average molecular weight is 330 g/mol. The summed E-state index contributed by atoms with van der Waals surface area (Å²) in [5.74, 6) is 1.46. The largest absolute Gasteiger partial charge is 0.493 e. The second-order valence-corrected chi connectivity index (χ2v) is 5.83. The first-order valence-corrected chi connectivity index (χ1v) is 8.27. The molecular formula is C17H28ClNO3. The van der Waals surface area contributed by atoms with Crippen molar-refractivity contribution in [2.24, 2.45) is 0 Å². The summed E-state index contributed by atoms with van der Waals surface area (Å²) in [6, 6.07) is 3.71. The van der Waals surface area contributed by atoms with Crippen molar-refractivity contribution < 1.29 is 14.2 Å². The van der Waals surface area contributed by atoms with Gasteiger partial charge in [0, 0.05) is 29.8 Å². The van der Waals surface area contributed by atoms with E-state index in [1.165, 1.54) is 0 Å². The molecule has 22 heavy (non-hydrogen) atoms. The van der Waals surface area contributed by atoms with Gasteiger partial charge >= 0.3 is 0 Å². The van der Waals surface area contributed by atoms with Crippen LogP contribution in [0.5, 0.6) is 11.5 Å². The van der Waals surface area contributed by atoms with Crippen LogP contribution in [0.4, 0.5) is 0 Å². The highest BCUT2D eigenvalue weighted by Crippen LogP contribution is 2.34. The Morgan fingerprint density at radius 2 is 2.00 bits per heavy atom. The molecule has 4 nitrogen and oxygen atoms in total. The number of nitrogens with one attached hydrogen (secondary N) is 1. The first kappa shape index (κ1) is 19.1. The van der Waals surface area contributed by atoms with E-state index in [4.69, 9.17) is 25.8 Å². The monoisotopic (exact) mass is 329 g/mol. The SMILES string of the molecule is CCCOc1c(CNCCCOC(C)C)cc(Cl)cc1OC. The molecule has 0 atom stereocenters. The van der Waals surface area contributed by atoms with Gasteiger partial charge in [-0.25, -0.2) is 0 Å². The van der Waals surface area contributed by atoms with E-state index in [0.717, 1.165) is 37.3 Å². The van der Waals surface area contributed by atoms with E-state index >= 15 is 0 Å². The first-order valence-electron chi connectivity index (χ1n) is 7.90. The van der Waals surface area contributed by atoms with Crippen molar-refractivity contribution in [2.45, 2.75) is 46.3 Å². The van der Waals surface area contributed by atoms with Crippen LogP contribution in [-0.4, -0.2) is 33.0 Å². The summed E-state index contributed by atoms with van der Waals surface area (Å²) in [4.78, 5) is 0. The molecule has 0 radical (unpaired) electrons. The lowest BCUT2D eigenvalue weighted by Gasteiger charge is -2.16. The molecule has 1 aromatic rings. The normalized spacial score (nSPS) is 11.0. The van der Waals surface area contributed by atoms with Crippen LogP contribution in [0.3, 0.4) is 0 Å². The van der Waals surface area contributed by atoms with Crippen LogP contribution in [0.2, 0.25) is 5.02 Å². The highest BCUT2D eigenvalue weighted by molar-refractivity contribution is 6.30. The predicted octanol–water partition coefficient (Wildman–Crippen LogP) is 4.04. The standard InChI is InChI=1S/C17H28ClNO3/c1-5-8-22-17-14(10-15(18)11-16(17)20-4)12-19-7-6-9-21-13(2)3/h10-11,13,19H,5-9,12H2,1-4H3. The molecule has 1 aromatic carbocycles. The molecule has 0 bridgehead atoms. The maximum Gasteiger partial charge on any atom is 0.165 e.